The lowest BCUT2D eigenvalue weighted by Gasteiger charge is -2.22. The van der Waals surface area contributed by atoms with Gasteiger partial charge in [0.15, 0.2) is 0 Å². The predicted octanol–water partition coefficient (Wildman–Crippen LogP) is 2.89. The third kappa shape index (κ3) is 3.66. The van der Waals surface area contributed by atoms with E-state index in [2.05, 4.69) is 0 Å². The SMILES string of the molecule is CC(O)(CC(=O)Oc1ccccc1)c1ccccc1. The maximum absolute atomic E-state index is 11.8. The smallest absolute Gasteiger partial charge is 0.314 e. The first-order chi connectivity index (χ1) is 9.08. The summed E-state index contributed by atoms with van der Waals surface area (Å²) >= 11 is 0. The summed E-state index contributed by atoms with van der Waals surface area (Å²) < 4.78 is 5.17. The van der Waals surface area contributed by atoms with Gasteiger partial charge in [-0.05, 0) is 24.6 Å². The number of rotatable bonds is 4. The van der Waals surface area contributed by atoms with Crippen LogP contribution in [0.2, 0.25) is 0 Å². The van der Waals surface area contributed by atoms with Crippen molar-refractivity contribution in [2.45, 2.75) is 18.9 Å². The zero-order chi connectivity index (χ0) is 13.7. The lowest BCUT2D eigenvalue weighted by molar-refractivity contribution is -0.139. The molecule has 0 spiro atoms. The van der Waals surface area contributed by atoms with Crippen LogP contribution >= 0.6 is 0 Å². The summed E-state index contributed by atoms with van der Waals surface area (Å²) in [7, 11) is 0. The lowest BCUT2D eigenvalue weighted by Crippen LogP contribution is -2.27. The van der Waals surface area contributed by atoms with Crippen molar-refractivity contribution in [3.05, 3.63) is 66.2 Å². The number of hydrogen-bond donors (Lipinski definition) is 1. The Morgan fingerprint density at radius 1 is 1.05 bits per heavy atom. The number of aliphatic hydroxyl groups is 1. The van der Waals surface area contributed by atoms with Crippen molar-refractivity contribution in [1.82, 2.24) is 0 Å². The largest absolute Gasteiger partial charge is 0.426 e. The van der Waals surface area contributed by atoms with Gasteiger partial charge in [0, 0.05) is 0 Å². The Morgan fingerprint density at radius 3 is 2.16 bits per heavy atom. The second-order valence-corrected chi connectivity index (χ2v) is 4.60. The molecule has 0 saturated carbocycles. The van der Waals surface area contributed by atoms with Gasteiger partial charge >= 0.3 is 5.97 Å². The number of carbonyl (C=O) groups excluding carboxylic acids is 1. The van der Waals surface area contributed by atoms with E-state index < -0.39 is 11.6 Å². The lowest BCUT2D eigenvalue weighted by atomic mass is 9.93. The number of ether oxygens (including phenoxy) is 1. The molecule has 2 rings (SSSR count). The summed E-state index contributed by atoms with van der Waals surface area (Å²) in [5.41, 5.74) is -0.535. The van der Waals surface area contributed by atoms with Crippen LogP contribution in [0.5, 0.6) is 5.75 Å². The van der Waals surface area contributed by atoms with Crippen LogP contribution in [0.25, 0.3) is 0 Å². The average Bonchev–Trinajstić information content (AvgIpc) is 2.40. The highest BCUT2D eigenvalue weighted by atomic mass is 16.5. The van der Waals surface area contributed by atoms with Crippen molar-refractivity contribution >= 4 is 5.97 Å². The molecule has 98 valence electrons. The summed E-state index contributed by atoms with van der Waals surface area (Å²) in [6, 6.07) is 17.9. The molecule has 0 aliphatic carbocycles. The molecule has 0 aromatic heterocycles. The van der Waals surface area contributed by atoms with Crippen molar-refractivity contribution < 1.29 is 14.6 Å². The van der Waals surface area contributed by atoms with Gasteiger partial charge in [0.2, 0.25) is 0 Å². The zero-order valence-electron chi connectivity index (χ0n) is 10.7. The summed E-state index contributed by atoms with van der Waals surface area (Å²) in [4.78, 5) is 11.8. The zero-order valence-corrected chi connectivity index (χ0v) is 10.7. The highest BCUT2D eigenvalue weighted by Crippen LogP contribution is 2.25. The average molecular weight is 256 g/mol. The van der Waals surface area contributed by atoms with Crippen LogP contribution in [0.4, 0.5) is 0 Å². The highest BCUT2D eigenvalue weighted by molar-refractivity contribution is 5.73. The van der Waals surface area contributed by atoms with E-state index in [0.717, 1.165) is 0 Å². The van der Waals surface area contributed by atoms with Gasteiger partial charge in [0.25, 0.3) is 0 Å². The van der Waals surface area contributed by atoms with Crippen LogP contribution in [0, 0.1) is 0 Å². The minimum absolute atomic E-state index is 0.0914. The topological polar surface area (TPSA) is 46.5 Å². The maximum atomic E-state index is 11.8. The molecule has 3 nitrogen and oxygen atoms in total. The maximum Gasteiger partial charge on any atom is 0.314 e. The minimum atomic E-state index is -1.23. The molecule has 0 fully saturated rings. The molecule has 19 heavy (non-hydrogen) atoms. The van der Waals surface area contributed by atoms with E-state index in [9.17, 15) is 9.90 Å². The molecule has 0 aliphatic rings. The Hall–Kier alpha value is -2.13. The van der Waals surface area contributed by atoms with Gasteiger partial charge in [0.05, 0.1) is 12.0 Å². The van der Waals surface area contributed by atoms with E-state index in [1.54, 1.807) is 43.3 Å². The van der Waals surface area contributed by atoms with E-state index in [4.69, 9.17) is 4.74 Å². The molecule has 2 aromatic carbocycles. The fraction of sp³-hybridized carbons (Fsp3) is 0.188. The van der Waals surface area contributed by atoms with E-state index >= 15 is 0 Å². The summed E-state index contributed by atoms with van der Waals surface area (Å²) in [5.74, 6) is 0.0245. The molecule has 1 N–H and O–H groups in total. The van der Waals surface area contributed by atoms with Crippen LogP contribution in [0.15, 0.2) is 60.7 Å². The Kier molecular flexibility index (Phi) is 3.97. The van der Waals surface area contributed by atoms with Gasteiger partial charge in [-0.15, -0.1) is 0 Å². The van der Waals surface area contributed by atoms with Gasteiger partial charge in [-0.1, -0.05) is 48.5 Å². The van der Waals surface area contributed by atoms with Gasteiger partial charge in [0.1, 0.15) is 5.75 Å². The molecule has 0 saturated heterocycles. The van der Waals surface area contributed by atoms with Crippen LogP contribution in [-0.4, -0.2) is 11.1 Å². The summed E-state index contributed by atoms with van der Waals surface area (Å²) in [6.07, 6.45) is -0.0914. The Morgan fingerprint density at radius 2 is 1.58 bits per heavy atom. The van der Waals surface area contributed by atoms with Crippen molar-refractivity contribution in [3.8, 4) is 5.75 Å². The number of carbonyl (C=O) groups is 1. The molecule has 0 amide bonds. The fourth-order valence-corrected chi connectivity index (χ4v) is 1.84. The van der Waals surface area contributed by atoms with Crippen LogP contribution < -0.4 is 4.74 Å². The fourth-order valence-electron chi connectivity index (χ4n) is 1.84. The predicted molar refractivity (Wildman–Crippen MR) is 72.7 cm³/mol. The number of esters is 1. The Balaban J connectivity index is 2.02. The number of hydrogen-bond acceptors (Lipinski definition) is 3. The van der Waals surface area contributed by atoms with Crippen molar-refractivity contribution in [3.63, 3.8) is 0 Å². The van der Waals surface area contributed by atoms with Gasteiger partial charge in [-0.3, -0.25) is 4.79 Å². The molecule has 3 heteroatoms. The quantitative estimate of drug-likeness (QED) is 0.676. The minimum Gasteiger partial charge on any atom is -0.426 e. The molecular formula is C16H16O3. The molecule has 0 aliphatic heterocycles. The Bertz CT molecular complexity index is 532. The van der Waals surface area contributed by atoms with Crippen LogP contribution in [0.1, 0.15) is 18.9 Å². The van der Waals surface area contributed by atoms with Crippen molar-refractivity contribution in [2.75, 3.05) is 0 Å². The third-order valence-corrected chi connectivity index (χ3v) is 2.86. The highest BCUT2D eigenvalue weighted by Gasteiger charge is 2.27. The Labute approximate surface area is 112 Å². The normalized spacial score (nSPS) is 13.6. The van der Waals surface area contributed by atoms with E-state index in [-0.39, 0.29) is 6.42 Å². The van der Waals surface area contributed by atoms with E-state index in [0.29, 0.717) is 11.3 Å². The monoisotopic (exact) mass is 256 g/mol. The second kappa shape index (κ2) is 5.67. The number of para-hydroxylation sites is 1. The summed E-state index contributed by atoms with van der Waals surface area (Å²) in [6.45, 7) is 1.61. The number of benzene rings is 2. The van der Waals surface area contributed by atoms with E-state index in [1.165, 1.54) is 0 Å². The van der Waals surface area contributed by atoms with Crippen molar-refractivity contribution in [1.29, 1.82) is 0 Å². The van der Waals surface area contributed by atoms with E-state index in [1.807, 2.05) is 24.3 Å². The van der Waals surface area contributed by atoms with Crippen molar-refractivity contribution in [2.24, 2.45) is 0 Å². The standard InChI is InChI=1S/C16H16O3/c1-16(18,13-8-4-2-5-9-13)12-15(17)19-14-10-6-3-7-11-14/h2-11,18H,12H2,1H3. The first-order valence-electron chi connectivity index (χ1n) is 6.11. The molecular weight excluding hydrogens is 240 g/mol. The first kappa shape index (κ1) is 13.3. The summed E-state index contributed by atoms with van der Waals surface area (Å²) in [5, 5.41) is 10.3. The van der Waals surface area contributed by atoms with Gasteiger partial charge < -0.3 is 9.84 Å². The second-order valence-electron chi connectivity index (χ2n) is 4.60. The van der Waals surface area contributed by atoms with Gasteiger partial charge in [-0.2, -0.15) is 0 Å². The van der Waals surface area contributed by atoms with Crippen LogP contribution in [0.3, 0.4) is 0 Å². The first-order valence-corrected chi connectivity index (χ1v) is 6.11. The molecule has 0 radical (unpaired) electrons. The van der Waals surface area contributed by atoms with Crippen LogP contribution in [-0.2, 0) is 10.4 Å². The molecule has 2 aromatic rings. The molecule has 1 atom stereocenters. The van der Waals surface area contributed by atoms with Gasteiger partial charge in [-0.25, -0.2) is 0 Å². The molecule has 0 heterocycles. The molecule has 0 bridgehead atoms. The molecule has 1 unspecified atom stereocenters. The third-order valence-electron chi connectivity index (χ3n) is 2.86.